The van der Waals surface area contributed by atoms with Crippen LogP contribution in [0.3, 0.4) is 0 Å². The summed E-state index contributed by atoms with van der Waals surface area (Å²) in [5, 5.41) is 11.0. The largest absolute Gasteiger partial charge is 0.480 e. The molecule has 1 rings (SSSR count). The number of rotatable bonds is 8. The molecule has 0 aliphatic rings. The highest BCUT2D eigenvalue weighted by atomic mass is 32.2. The van der Waals surface area contributed by atoms with Crippen LogP contribution in [0.15, 0.2) is 30.3 Å². The molecule has 0 aliphatic carbocycles. The van der Waals surface area contributed by atoms with E-state index in [2.05, 4.69) is 5.32 Å². The lowest BCUT2D eigenvalue weighted by Crippen LogP contribution is -2.41. The highest BCUT2D eigenvalue weighted by Gasteiger charge is 2.21. The van der Waals surface area contributed by atoms with Crippen molar-refractivity contribution in [1.29, 1.82) is 0 Å². The van der Waals surface area contributed by atoms with Crippen molar-refractivity contribution in [3.63, 3.8) is 0 Å². The molecule has 0 aliphatic heterocycles. The second-order valence-electron chi connectivity index (χ2n) is 4.02. The molecule has 0 radical (unpaired) electrons. The third kappa shape index (κ3) is 7.50. The number of hydrogen-bond donors (Lipinski definition) is 2. The van der Waals surface area contributed by atoms with E-state index in [1.807, 2.05) is 6.07 Å². The van der Waals surface area contributed by atoms with Crippen molar-refractivity contribution >= 4 is 23.8 Å². The van der Waals surface area contributed by atoms with Crippen molar-refractivity contribution < 1.29 is 28.2 Å². The number of thioether (sulfide) groups is 1. The monoisotopic (exact) mass is 319 g/mol. The Balaban J connectivity index is 2.36. The van der Waals surface area contributed by atoms with Crippen LogP contribution in [-0.4, -0.2) is 34.7 Å². The average Bonchev–Trinajstić information content (AvgIpc) is 2.44. The molecule has 5 nitrogen and oxygen atoms in total. The zero-order valence-electron chi connectivity index (χ0n) is 11.0. The lowest BCUT2D eigenvalue weighted by molar-refractivity contribution is -0.139. The van der Waals surface area contributed by atoms with Gasteiger partial charge in [0.2, 0.25) is 0 Å². The van der Waals surface area contributed by atoms with Gasteiger partial charge in [0.25, 0.3) is 5.76 Å². The van der Waals surface area contributed by atoms with Crippen LogP contribution in [0, 0.1) is 0 Å². The van der Waals surface area contributed by atoms with Gasteiger partial charge in [-0.25, -0.2) is 9.59 Å². The summed E-state index contributed by atoms with van der Waals surface area (Å²) in [5.41, 5.74) is 0.757. The van der Waals surface area contributed by atoms with E-state index in [9.17, 15) is 18.4 Å². The first-order chi connectivity index (χ1) is 9.99. The van der Waals surface area contributed by atoms with E-state index in [1.165, 1.54) is 0 Å². The third-order valence-corrected chi connectivity index (χ3v) is 3.18. The Kier molecular flexibility index (Phi) is 7.52. The zero-order chi connectivity index (χ0) is 15.7. The number of alkyl halides is 2. The summed E-state index contributed by atoms with van der Waals surface area (Å²) in [6.07, 6.45) is -1.00. The molecule has 0 aromatic heterocycles. The van der Waals surface area contributed by atoms with Crippen LogP contribution in [0.1, 0.15) is 12.0 Å². The molecule has 8 heteroatoms. The molecule has 116 valence electrons. The van der Waals surface area contributed by atoms with Gasteiger partial charge in [-0.15, -0.1) is 0 Å². The van der Waals surface area contributed by atoms with Gasteiger partial charge in [0.05, 0.1) is 0 Å². The number of carbonyl (C=O) groups is 2. The number of amides is 1. The van der Waals surface area contributed by atoms with Gasteiger partial charge in [-0.05, 0) is 12.0 Å². The van der Waals surface area contributed by atoms with Gasteiger partial charge < -0.3 is 15.2 Å². The number of ether oxygens (including phenoxy) is 1. The fraction of sp³-hybridized carbons (Fsp3) is 0.385. The van der Waals surface area contributed by atoms with Gasteiger partial charge in [-0.3, -0.25) is 0 Å². The number of nitrogens with one attached hydrogen (secondary N) is 1. The van der Waals surface area contributed by atoms with E-state index in [0.717, 1.165) is 5.56 Å². The molecule has 21 heavy (non-hydrogen) atoms. The van der Waals surface area contributed by atoms with Gasteiger partial charge in [-0.2, -0.15) is 8.78 Å². The molecule has 0 saturated heterocycles. The van der Waals surface area contributed by atoms with Crippen LogP contribution in [0.2, 0.25) is 0 Å². The maximum atomic E-state index is 12.0. The first-order valence-corrected chi connectivity index (χ1v) is 7.13. The van der Waals surface area contributed by atoms with Gasteiger partial charge in [0.15, 0.2) is 0 Å². The minimum absolute atomic E-state index is 0.00476. The molecule has 1 aromatic rings. The molecule has 1 aromatic carbocycles. The SMILES string of the molecule is O=C(N[C@@H](CCSC(F)F)C(=O)O)OCc1ccccc1. The molecule has 1 atom stereocenters. The molecular weight excluding hydrogens is 304 g/mol. The van der Waals surface area contributed by atoms with E-state index >= 15 is 0 Å². The second kappa shape index (κ2) is 9.17. The minimum Gasteiger partial charge on any atom is -0.480 e. The van der Waals surface area contributed by atoms with Crippen molar-refractivity contribution in [3.8, 4) is 0 Å². The molecule has 0 heterocycles. The predicted octanol–water partition coefficient (Wildman–Crippen LogP) is 2.71. The van der Waals surface area contributed by atoms with Crippen LogP contribution >= 0.6 is 11.8 Å². The van der Waals surface area contributed by atoms with Crippen LogP contribution in [0.5, 0.6) is 0 Å². The van der Waals surface area contributed by atoms with Crippen molar-refractivity contribution in [2.45, 2.75) is 24.8 Å². The van der Waals surface area contributed by atoms with E-state index in [4.69, 9.17) is 9.84 Å². The summed E-state index contributed by atoms with van der Waals surface area (Å²) < 4.78 is 28.8. The number of hydrogen-bond acceptors (Lipinski definition) is 4. The standard InChI is InChI=1S/C13H15F2NO4S/c14-12(15)21-7-6-10(11(17)18)16-13(19)20-8-9-4-2-1-3-5-9/h1-5,10,12H,6-8H2,(H,16,19)(H,17,18)/t10-/m0/s1. The Morgan fingerprint density at radius 1 is 1.29 bits per heavy atom. The smallest absolute Gasteiger partial charge is 0.408 e. The van der Waals surface area contributed by atoms with Crippen molar-refractivity contribution in [2.75, 3.05) is 5.75 Å². The quantitative estimate of drug-likeness (QED) is 0.770. The summed E-state index contributed by atoms with van der Waals surface area (Å²) >= 11 is 0.326. The van der Waals surface area contributed by atoms with Gasteiger partial charge in [0.1, 0.15) is 12.6 Å². The summed E-state index contributed by atoms with van der Waals surface area (Å²) in [4.78, 5) is 22.4. The number of carboxylic acids is 1. The predicted molar refractivity (Wildman–Crippen MR) is 74.3 cm³/mol. The van der Waals surface area contributed by atoms with Crippen LogP contribution in [-0.2, 0) is 16.1 Å². The van der Waals surface area contributed by atoms with Crippen LogP contribution in [0.4, 0.5) is 13.6 Å². The Morgan fingerprint density at radius 3 is 2.52 bits per heavy atom. The van der Waals surface area contributed by atoms with E-state index in [0.29, 0.717) is 11.8 Å². The number of carbonyl (C=O) groups excluding carboxylic acids is 1. The summed E-state index contributed by atoms with van der Waals surface area (Å²) in [6, 6.07) is 7.61. The van der Waals surface area contributed by atoms with Crippen LogP contribution < -0.4 is 5.32 Å². The molecule has 0 bridgehead atoms. The Hall–Kier alpha value is -1.83. The van der Waals surface area contributed by atoms with Gasteiger partial charge in [0, 0.05) is 5.75 Å². The Labute approximate surface area is 124 Å². The number of benzene rings is 1. The lowest BCUT2D eigenvalue weighted by Gasteiger charge is -2.14. The van der Waals surface area contributed by atoms with Crippen molar-refractivity contribution in [1.82, 2.24) is 5.32 Å². The zero-order valence-corrected chi connectivity index (χ0v) is 11.8. The van der Waals surface area contributed by atoms with E-state index in [-0.39, 0.29) is 18.8 Å². The Morgan fingerprint density at radius 2 is 1.95 bits per heavy atom. The van der Waals surface area contributed by atoms with Crippen molar-refractivity contribution in [3.05, 3.63) is 35.9 Å². The minimum atomic E-state index is -2.57. The number of carboxylic acid groups (broad SMARTS) is 1. The maximum absolute atomic E-state index is 12.0. The number of alkyl carbamates (subject to hydrolysis) is 1. The number of halogens is 2. The first-order valence-electron chi connectivity index (χ1n) is 6.09. The molecular formula is C13H15F2NO4S. The molecule has 1 amide bonds. The van der Waals surface area contributed by atoms with E-state index < -0.39 is 23.9 Å². The van der Waals surface area contributed by atoms with Gasteiger partial charge in [-0.1, -0.05) is 42.1 Å². The highest BCUT2D eigenvalue weighted by Crippen LogP contribution is 2.15. The average molecular weight is 319 g/mol. The molecule has 0 spiro atoms. The maximum Gasteiger partial charge on any atom is 0.408 e. The van der Waals surface area contributed by atoms with E-state index in [1.54, 1.807) is 24.3 Å². The fourth-order valence-corrected chi connectivity index (χ4v) is 1.99. The lowest BCUT2D eigenvalue weighted by atomic mass is 10.2. The Bertz CT molecular complexity index is 459. The van der Waals surface area contributed by atoms with Crippen LogP contribution in [0.25, 0.3) is 0 Å². The molecule has 0 saturated carbocycles. The summed E-state index contributed by atoms with van der Waals surface area (Å²) in [6.45, 7) is 0.00476. The highest BCUT2D eigenvalue weighted by molar-refractivity contribution is 7.99. The topological polar surface area (TPSA) is 75.6 Å². The summed E-state index contributed by atoms with van der Waals surface area (Å²) in [5.74, 6) is -3.93. The fourth-order valence-electron chi connectivity index (χ4n) is 1.44. The first kappa shape index (κ1) is 17.2. The molecule has 2 N–H and O–H groups in total. The summed E-state index contributed by atoms with van der Waals surface area (Å²) in [7, 11) is 0. The third-order valence-electron chi connectivity index (χ3n) is 2.45. The number of aliphatic carboxylic acids is 1. The normalized spacial score (nSPS) is 12.0. The molecule has 0 fully saturated rings. The molecule has 0 unspecified atom stereocenters. The van der Waals surface area contributed by atoms with Crippen molar-refractivity contribution in [2.24, 2.45) is 0 Å². The van der Waals surface area contributed by atoms with Gasteiger partial charge >= 0.3 is 12.1 Å². The second-order valence-corrected chi connectivity index (χ2v) is 5.11.